The fourth-order valence-corrected chi connectivity index (χ4v) is 8.66. The molecule has 6 heteroatoms. The van der Waals surface area contributed by atoms with Crippen LogP contribution in [-0.2, 0) is 9.36 Å². The first kappa shape index (κ1) is 22.6. The van der Waals surface area contributed by atoms with E-state index in [1.54, 1.807) is 0 Å². The Morgan fingerprint density at radius 3 is 2.43 bits per heavy atom. The van der Waals surface area contributed by atoms with Gasteiger partial charge in [0.15, 0.2) is 0 Å². The number of rotatable bonds is 2. The molecule has 0 saturated heterocycles. The fourth-order valence-electron chi connectivity index (χ4n) is 7.72. The van der Waals surface area contributed by atoms with Crippen molar-refractivity contribution in [3.8, 4) is 0 Å². The fraction of sp³-hybridized carbons (Fsp3) is 0.875. The summed E-state index contributed by atoms with van der Waals surface area (Å²) >= 11 is 0. The minimum absolute atomic E-state index is 0.0126. The molecule has 3 N–H and O–H groups in total. The molecule has 0 aromatic rings. The van der Waals surface area contributed by atoms with Gasteiger partial charge in [-0.15, -0.1) is 0 Å². The third-order valence-electron chi connectivity index (χ3n) is 9.42. The molecular weight excluding hydrogens is 397 g/mol. The summed E-state index contributed by atoms with van der Waals surface area (Å²) in [6.45, 7) is 10.4. The van der Waals surface area contributed by atoms with E-state index in [9.17, 15) is 19.1 Å². The molecule has 0 radical (unpaired) electrons. The summed E-state index contributed by atoms with van der Waals surface area (Å²) in [6, 6.07) is -0.575. The second-order valence-electron chi connectivity index (χ2n) is 12.3. The SMILES string of the molecule is CC(C)(C)C(=O)NC1C[C@]2(C)C3CC[C@]4(C)CCCC4C3CC[C@H]2C=C1P(=O)(O)O. The van der Waals surface area contributed by atoms with Crippen LogP contribution in [0.2, 0.25) is 0 Å². The van der Waals surface area contributed by atoms with Crippen LogP contribution in [0.5, 0.6) is 0 Å². The van der Waals surface area contributed by atoms with Gasteiger partial charge in [0.05, 0.1) is 11.4 Å². The molecule has 170 valence electrons. The van der Waals surface area contributed by atoms with Crippen LogP contribution in [-0.4, -0.2) is 21.7 Å². The Labute approximate surface area is 181 Å². The van der Waals surface area contributed by atoms with Gasteiger partial charge in [-0.05, 0) is 79.4 Å². The first-order valence-electron chi connectivity index (χ1n) is 11.8. The van der Waals surface area contributed by atoms with Crippen molar-refractivity contribution >= 4 is 13.5 Å². The van der Waals surface area contributed by atoms with Gasteiger partial charge in [0.1, 0.15) is 0 Å². The minimum Gasteiger partial charge on any atom is -0.348 e. The van der Waals surface area contributed by atoms with E-state index in [4.69, 9.17) is 0 Å². The van der Waals surface area contributed by atoms with Crippen molar-refractivity contribution in [1.29, 1.82) is 0 Å². The van der Waals surface area contributed by atoms with Gasteiger partial charge in [-0.25, -0.2) is 0 Å². The molecule has 4 unspecified atom stereocenters. The summed E-state index contributed by atoms with van der Waals surface area (Å²) in [7, 11) is -4.42. The summed E-state index contributed by atoms with van der Waals surface area (Å²) in [5.41, 5.74) is -0.115. The van der Waals surface area contributed by atoms with Crippen molar-refractivity contribution in [2.75, 3.05) is 0 Å². The van der Waals surface area contributed by atoms with Gasteiger partial charge in [-0.3, -0.25) is 9.36 Å². The molecule has 4 rings (SSSR count). The maximum absolute atomic E-state index is 12.8. The second-order valence-corrected chi connectivity index (χ2v) is 13.9. The van der Waals surface area contributed by atoms with Gasteiger partial charge in [0.2, 0.25) is 5.91 Å². The maximum atomic E-state index is 12.8. The minimum atomic E-state index is -4.42. The predicted molar refractivity (Wildman–Crippen MR) is 119 cm³/mol. The molecule has 3 fully saturated rings. The summed E-state index contributed by atoms with van der Waals surface area (Å²) < 4.78 is 12.4. The number of amides is 1. The van der Waals surface area contributed by atoms with Crippen LogP contribution < -0.4 is 5.32 Å². The van der Waals surface area contributed by atoms with E-state index in [1.165, 1.54) is 38.5 Å². The van der Waals surface area contributed by atoms with Crippen LogP contribution in [0.3, 0.4) is 0 Å². The van der Waals surface area contributed by atoms with Gasteiger partial charge in [0, 0.05) is 5.41 Å². The number of fused-ring (bicyclic) bond motifs is 5. The molecule has 4 aliphatic rings. The largest absolute Gasteiger partial charge is 0.353 e. The number of carbonyl (C=O) groups is 1. The Balaban J connectivity index is 1.68. The molecule has 7 atom stereocenters. The van der Waals surface area contributed by atoms with Crippen LogP contribution in [0.25, 0.3) is 0 Å². The van der Waals surface area contributed by atoms with Crippen molar-refractivity contribution in [3.05, 3.63) is 11.4 Å². The van der Waals surface area contributed by atoms with E-state index >= 15 is 0 Å². The van der Waals surface area contributed by atoms with Gasteiger partial charge in [-0.1, -0.05) is 47.1 Å². The highest BCUT2D eigenvalue weighted by Crippen LogP contribution is 2.67. The lowest BCUT2D eigenvalue weighted by Gasteiger charge is -2.60. The van der Waals surface area contributed by atoms with Crippen LogP contribution >= 0.6 is 7.60 Å². The van der Waals surface area contributed by atoms with Crippen molar-refractivity contribution in [1.82, 2.24) is 5.32 Å². The molecule has 0 heterocycles. The highest BCUT2D eigenvalue weighted by atomic mass is 31.2. The highest BCUT2D eigenvalue weighted by Gasteiger charge is 2.59. The van der Waals surface area contributed by atoms with Gasteiger partial charge < -0.3 is 15.1 Å². The quantitative estimate of drug-likeness (QED) is 0.516. The zero-order chi connectivity index (χ0) is 22.1. The van der Waals surface area contributed by atoms with Crippen LogP contribution in [0.1, 0.15) is 86.0 Å². The van der Waals surface area contributed by atoms with Crippen molar-refractivity contribution in [3.63, 3.8) is 0 Å². The normalized spacial score (nSPS) is 43.8. The highest BCUT2D eigenvalue weighted by molar-refractivity contribution is 7.56. The van der Waals surface area contributed by atoms with E-state index < -0.39 is 19.1 Å². The van der Waals surface area contributed by atoms with Gasteiger partial charge >= 0.3 is 7.60 Å². The van der Waals surface area contributed by atoms with Crippen LogP contribution in [0, 0.1) is 39.9 Å². The molecule has 3 saturated carbocycles. The first-order chi connectivity index (χ1) is 13.8. The summed E-state index contributed by atoms with van der Waals surface area (Å²) in [6.07, 6.45) is 11.2. The van der Waals surface area contributed by atoms with E-state index in [1.807, 2.05) is 26.8 Å². The lowest BCUT2D eigenvalue weighted by molar-refractivity contribution is -0.130. The van der Waals surface area contributed by atoms with Gasteiger partial charge in [0.25, 0.3) is 0 Å². The lowest BCUT2D eigenvalue weighted by atomic mass is 9.46. The standard InChI is InChI=1S/C24H40NO4P/c1-22(2,3)21(26)25-19-14-24(5)15(13-20(19)30(27,28)29)8-9-16-17-7-6-11-23(17,4)12-10-18(16)24/h13,15-19H,6-12,14H2,1-5H3,(H,25,26)(H2,27,28,29)/t15-,16?,17?,18?,19?,23-,24-/m0/s1. The zero-order valence-corrected chi connectivity index (χ0v) is 20.2. The molecule has 30 heavy (non-hydrogen) atoms. The molecule has 4 aliphatic carbocycles. The number of allylic oxidation sites excluding steroid dienone is 1. The van der Waals surface area contributed by atoms with E-state index in [0.29, 0.717) is 17.8 Å². The molecular formula is C24H40NO4P. The predicted octanol–water partition coefficient (Wildman–Crippen LogP) is 5.23. The Morgan fingerprint density at radius 1 is 1.10 bits per heavy atom. The average molecular weight is 438 g/mol. The van der Waals surface area contributed by atoms with Crippen LogP contribution in [0.4, 0.5) is 0 Å². The monoisotopic (exact) mass is 437 g/mol. The third kappa shape index (κ3) is 3.63. The van der Waals surface area contributed by atoms with Gasteiger partial charge in [-0.2, -0.15) is 0 Å². The molecule has 0 aromatic carbocycles. The zero-order valence-electron chi connectivity index (χ0n) is 19.3. The summed E-state index contributed by atoms with van der Waals surface area (Å²) in [4.78, 5) is 32.9. The van der Waals surface area contributed by atoms with E-state index in [-0.39, 0.29) is 22.6 Å². The molecule has 0 bridgehead atoms. The van der Waals surface area contributed by atoms with E-state index in [2.05, 4.69) is 19.2 Å². The summed E-state index contributed by atoms with van der Waals surface area (Å²) in [5, 5.41) is 3.16. The van der Waals surface area contributed by atoms with E-state index in [0.717, 1.165) is 18.3 Å². The molecule has 0 aliphatic heterocycles. The Bertz CT molecular complexity index is 796. The molecule has 0 aromatic heterocycles. The third-order valence-corrected chi connectivity index (χ3v) is 10.6. The van der Waals surface area contributed by atoms with Crippen molar-refractivity contribution in [2.24, 2.45) is 39.9 Å². The Hall–Kier alpha value is -0.640. The van der Waals surface area contributed by atoms with Crippen molar-refractivity contribution < 1.29 is 19.1 Å². The Kier molecular flexibility index (Phi) is 5.40. The maximum Gasteiger partial charge on any atom is 0.353 e. The molecule has 0 spiro atoms. The number of hydrogen-bond acceptors (Lipinski definition) is 2. The molecule has 5 nitrogen and oxygen atoms in total. The number of carbonyl (C=O) groups excluding carboxylic acids is 1. The second kappa shape index (κ2) is 7.18. The Morgan fingerprint density at radius 2 is 1.80 bits per heavy atom. The van der Waals surface area contributed by atoms with Crippen LogP contribution in [0.15, 0.2) is 11.4 Å². The van der Waals surface area contributed by atoms with Crippen molar-refractivity contribution in [2.45, 2.75) is 92.0 Å². The molecule has 1 amide bonds. The average Bonchev–Trinajstić information content (AvgIpc) is 3.00. The smallest absolute Gasteiger partial charge is 0.348 e. The first-order valence-corrected chi connectivity index (χ1v) is 13.5. The topological polar surface area (TPSA) is 86.6 Å². The lowest BCUT2D eigenvalue weighted by Crippen LogP contribution is -2.55. The summed E-state index contributed by atoms with van der Waals surface area (Å²) in [5.74, 6) is 2.14. The number of hydrogen-bond donors (Lipinski definition) is 3. The number of nitrogens with one attached hydrogen (secondary N) is 1.